The molecule has 31 heavy (non-hydrogen) atoms. The van der Waals surface area contributed by atoms with Crippen LogP contribution in [0.5, 0.6) is 0 Å². The number of amides is 2. The molecule has 1 saturated heterocycles. The number of nitrogens with zero attached hydrogens (tertiary/aromatic N) is 2. The van der Waals surface area contributed by atoms with E-state index < -0.39 is 11.8 Å². The van der Waals surface area contributed by atoms with Crippen LogP contribution in [-0.2, 0) is 16.6 Å². The van der Waals surface area contributed by atoms with Crippen LogP contribution in [0.2, 0.25) is 5.02 Å². The molecule has 0 aliphatic carbocycles. The molecule has 7 heteroatoms. The fraction of sp³-hybridized carbons (Fsp3) is 0.0417. The van der Waals surface area contributed by atoms with Gasteiger partial charge in [0.15, 0.2) is 5.11 Å². The zero-order valence-corrected chi connectivity index (χ0v) is 18.0. The van der Waals surface area contributed by atoms with Crippen molar-refractivity contribution in [1.82, 2.24) is 9.88 Å². The van der Waals surface area contributed by atoms with E-state index in [0.29, 0.717) is 10.7 Å². The molecular weight excluding hydrogens is 430 g/mol. The lowest BCUT2D eigenvalue weighted by molar-refractivity contribution is -0.122. The van der Waals surface area contributed by atoms with E-state index in [-0.39, 0.29) is 10.7 Å². The number of halogens is 1. The molecule has 0 spiro atoms. The first-order valence-electron chi connectivity index (χ1n) is 9.58. The van der Waals surface area contributed by atoms with Crippen LogP contribution in [0.4, 0.5) is 5.69 Å². The highest BCUT2D eigenvalue weighted by molar-refractivity contribution is 7.80. The summed E-state index contributed by atoms with van der Waals surface area (Å²) >= 11 is 11.2. The molecule has 2 heterocycles. The van der Waals surface area contributed by atoms with Crippen molar-refractivity contribution in [1.29, 1.82) is 0 Å². The van der Waals surface area contributed by atoms with Crippen molar-refractivity contribution in [2.75, 3.05) is 4.90 Å². The van der Waals surface area contributed by atoms with Crippen molar-refractivity contribution < 1.29 is 9.59 Å². The van der Waals surface area contributed by atoms with Crippen molar-refractivity contribution in [3.8, 4) is 0 Å². The average molecular weight is 446 g/mol. The number of thiocarbonyl (C=S) groups is 1. The second kappa shape index (κ2) is 7.34. The molecular formula is C24H16ClN3O2S. The lowest BCUT2D eigenvalue weighted by atomic mass is 10.0. The van der Waals surface area contributed by atoms with Crippen molar-refractivity contribution in [3.63, 3.8) is 0 Å². The highest BCUT2D eigenvalue weighted by atomic mass is 35.5. The third-order valence-electron chi connectivity index (χ3n) is 5.44. The third-order valence-corrected chi connectivity index (χ3v) is 5.97. The number of para-hydroxylation sites is 1. The Hall–Kier alpha value is -3.48. The maximum atomic E-state index is 13.2. The van der Waals surface area contributed by atoms with E-state index in [2.05, 4.69) is 22.0 Å². The van der Waals surface area contributed by atoms with Crippen LogP contribution < -0.4 is 10.2 Å². The molecule has 1 fully saturated rings. The first kappa shape index (κ1) is 19.5. The molecule has 5 rings (SSSR count). The van der Waals surface area contributed by atoms with E-state index in [4.69, 9.17) is 23.8 Å². The minimum Gasteiger partial charge on any atom is -0.344 e. The van der Waals surface area contributed by atoms with Crippen molar-refractivity contribution >= 4 is 74.3 Å². The Kier molecular flexibility index (Phi) is 4.61. The van der Waals surface area contributed by atoms with Gasteiger partial charge in [0.05, 0.1) is 5.69 Å². The second-order valence-electron chi connectivity index (χ2n) is 7.29. The minimum absolute atomic E-state index is 0.0168. The van der Waals surface area contributed by atoms with Gasteiger partial charge in [0.1, 0.15) is 5.57 Å². The van der Waals surface area contributed by atoms with E-state index in [0.717, 1.165) is 27.4 Å². The molecule has 2 amide bonds. The maximum absolute atomic E-state index is 13.2. The number of carbonyl (C=O) groups is 2. The van der Waals surface area contributed by atoms with Crippen LogP contribution in [0.15, 0.2) is 72.3 Å². The Bertz CT molecular complexity index is 1440. The molecule has 0 bridgehead atoms. The number of benzene rings is 3. The summed E-state index contributed by atoms with van der Waals surface area (Å²) in [7, 11) is 2.02. The predicted octanol–water partition coefficient (Wildman–Crippen LogP) is 4.82. The molecule has 1 aromatic heterocycles. The highest BCUT2D eigenvalue weighted by Gasteiger charge is 2.34. The standard InChI is InChI=1S/C24H16ClN3O2S/c1-27-20-5-3-2-4-17(20)18-12-14(6-11-21(18)27)13-19-22(29)26-24(31)28(23(19)30)16-9-7-15(25)8-10-16/h2-13H,1H3,(H,26,29,31). The Balaban J connectivity index is 1.60. The number of anilines is 1. The average Bonchev–Trinajstić information content (AvgIpc) is 3.04. The number of hydrogen-bond acceptors (Lipinski definition) is 3. The first-order chi connectivity index (χ1) is 14.9. The molecule has 1 aliphatic rings. The molecule has 0 saturated carbocycles. The van der Waals surface area contributed by atoms with Gasteiger partial charge in [0, 0.05) is 33.9 Å². The van der Waals surface area contributed by atoms with Gasteiger partial charge < -0.3 is 4.57 Å². The number of aryl methyl sites for hydroxylation is 1. The molecule has 4 aromatic rings. The van der Waals surface area contributed by atoms with Crippen LogP contribution in [0.25, 0.3) is 27.9 Å². The summed E-state index contributed by atoms with van der Waals surface area (Å²) in [5.74, 6) is -0.993. The Labute approximate surface area is 188 Å². The van der Waals surface area contributed by atoms with Crippen molar-refractivity contribution in [2.45, 2.75) is 0 Å². The lowest BCUT2D eigenvalue weighted by Gasteiger charge is -2.28. The number of carbonyl (C=O) groups excluding carboxylic acids is 2. The summed E-state index contributed by atoms with van der Waals surface area (Å²) < 4.78 is 2.13. The van der Waals surface area contributed by atoms with E-state index in [1.165, 1.54) is 4.90 Å². The molecule has 1 aliphatic heterocycles. The normalized spacial score (nSPS) is 15.9. The molecule has 0 atom stereocenters. The second-order valence-corrected chi connectivity index (χ2v) is 8.11. The third kappa shape index (κ3) is 3.21. The zero-order valence-electron chi connectivity index (χ0n) is 16.4. The molecule has 1 N–H and O–H groups in total. The zero-order chi connectivity index (χ0) is 21.7. The van der Waals surface area contributed by atoms with Gasteiger partial charge in [0.2, 0.25) is 0 Å². The fourth-order valence-electron chi connectivity index (χ4n) is 3.92. The maximum Gasteiger partial charge on any atom is 0.270 e. The van der Waals surface area contributed by atoms with Gasteiger partial charge in [0.25, 0.3) is 11.8 Å². The van der Waals surface area contributed by atoms with Crippen LogP contribution in [0, 0.1) is 0 Å². The summed E-state index contributed by atoms with van der Waals surface area (Å²) in [5.41, 5.74) is 3.50. The number of nitrogens with one attached hydrogen (secondary N) is 1. The number of hydrogen-bond donors (Lipinski definition) is 1. The summed E-state index contributed by atoms with van der Waals surface area (Å²) in [6.07, 6.45) is 1.60. The lowest BCUT2D eigenvalue weighted by Crippen LogP contribution is -2.54. The predicted molar refractivity (Wildman–Crippen MR) is 128 cm³/mol. The topological polar surface area (TPSA) is 54.3 Å². The van der Waals surface area contributed by atoms with Crippen LogP contribution >= 0.6 is 23.8 Å². The van der Waals surface area contributed by atoms with E-state index in [1.54, 1.807) is 30.3 Å². The van der Waals surface area contributed by atoms with Crippen molar-refractivity contribution in [3.05, 3.63) is 82.9 Å². The molecule has 3 aromatic carbocycles. The number of aromatic nitrogens is 1. The molecule has 0 unspecified atom stereocenters. The van der Waals surface area contributed by atoms with Crippen LogP contribution in [-0.4, -0.2) is 21.5 Å². The van der Waals surface area contributed by atoms with E-state index in [9.17, 15) is 9.59 Å². The molecule has 5 nitrogen and oxygen atoms in total. The summed E-state index contributed by atoms with van der Waals surface area (Å²) in [6.45, 7) is 0. The van der Waals surface area contributed by atoms with Gasteiger partial charge in [-0.3, -0.25) is 19.8 Å². The summed E-state index contributed by atoms with van der Waals surface area (Å²) in [6, 6.07) is 20.7. The van der Waals surface area contributed by atoms with Crippen LogP contribution in [0.1, 0.15) is 5.56 Å². The number of fused-ring (bicyclic) bond motifs is 3. The first-order valence-corrected chi connectivity index (χ1v) is 10.4. The molecule has 0 radical (unpaired) electrons. The highest BCUT2D eigenvalue weighted by Crippen LogP contribution is 2.30. The number of rotatable bonds is 2. The van der Waals surface area contributed by atoms with Gasteiger partial charge in [-0.2, -0.15) is 0 Å². The van der Waals surface area contributed by atoms with Crippen molar-refractivity contribution in [2.24, 2.45) is 7.05 Å². The molecule has 152 valence electrons. The quantitative estimate of drug-likeness (QED) is 0.273. The van der Waals surface area contributed by atoms with Gasteiger partial charge in [-0.1, -0.05) is 35.9 Å². The van der Waals surface area contributed by atoms with E-state index in [1.807, 2.05) is 37.4 Å². The summed E-state index contributed by atoms with van der Waals surface area (Å²) in [5, 5.41) is 5.36. The SMILES string of the molecule is Cn1c2ccccc2c2cc(C=C3C(=O)NC(=S)N(c4ccc(Cl)cc4)C3=O)ccc21. The largest absolute Gasteiger partial charge is 0.344 e. The van der Waals surface area contributed by atoms with Gasteiger partial charge >= 0.3 is 0 Å². The van der Waals surface area contributed by atoms with Crippen LogP contribution in [0.3, 0.4) is 0 Å². The Morgan fingerprint density at radius 1 is 0.935 bits per heavy atom. The van der Waals surface area contributed by atoms with Gasteiger partial charge in [-0.05, 0) is 66.3 Å². The van der Waals surface area contributed by atoms with E-state index >= 15 is 0 Å². The van der Waals surface area contributed by atoms with Gasteiger partial charge in [-0.25, -0.2) is 0 Å². The van der Waals surface area contributed by atoms with Gasteiger partial charge in [-0.15, -0.1) is 0 Å². The summed E-state index contributed by atoms with van der Waals surface area (Å²) in [4.78, 5) is 27.1. The monoisotopic (exact) mass is 445 g/mol. The Morgan fingerprint density at radius 2 is 1.65 bits per heavy atom. The smallest absolute Gasteiger partial charge is 0.270 e. The Morgan fingerprint density at radius 3 is 2.42 bits per heavy atom. The minimum atomic E-state index is -0.516. The fourth-order valence-corrected chi connectivity index (χ4v) is 4.33.